The fraction of sp³-hybridized carbons (Fsp3) is 0. The van der Waals surface area contributed by atoms with Crippen molar-refractivity contribution >= 4 is 33.3 Å². The SMILES string of the molecule is Nc1noc(-c2ccc(Br)c(Cl)c2)c1-c1cccnc1. The van der Waals surface area contributed by atoms with Gasteiger partial charge < -0.3 is 10.3 Å². The second-order valence-corrected chi connectivity index (χ2v) is 5.40. The number of benzene rings is 1. The highest BCUT2D eigenvalue weighted by molar-refractivity contribution is 9.10. The van der Waals surface area contributed by atoms with Gasteiger partial charge in [-0.05, 0) is 40.2 Å². The highest BCUT2D eigenvalue weighted by Crippen LogP contribution is 2.38. The number of aromatic nitrogens is 2. The standard InChI is InChI=1S/C14H9BrClN3O/c15-10-4-3-8(6-11(10)16)13-12(14(17)19-20-13)9-2-1-5-18-7-9/h1-7H,(H2,17,19). The zero-order chi connectivity index (χ0) is 14.1. The number of hydrogen-bond acceptors (Lipinski definition) is 4. The van der Waals surface area contributed by atoms with Crippen molar-refractivity contribution in [1.29, 1.82) is 0 Å². The largest absolute Gasteiger partial charge is 0.380 e. The molecule has 0 aliphatic rings. The molecule has 0 aliphatic heterocycles. The number of anilines is 1. The van der Waals surface area contributed by atoms with Crippen LogP contribution in [0.1, 0.15) is 0 Å². The molecule has 1 aromatic carbocycles. The molecule has 100 valence electrons. The van der Waals surface area contributed by atoms with Crippen LogP contribution in [0.25, 0.3) is 22.5 Å². The van der Waals surface area contributed by atoms with E-state index in [0.29, 0.717) is 16.6 Å². The van der Waals surface area contributed by atoms with Crippen molar-refractivity contribution in [2.24, 2.45) is 0 Å². The van der Waals surface area contributed by atoms with Crippen molar-refractivity contribution in [3.63, 3.8) is 0 Å². The van der Waals surface area contributed by atoms with E-state index < -0.39 is 0 Å². The molecule has 0 bridgehead atoms. The molecule has 0 radical (unpaired) electrons. The number of nitrogens with two attached hydrogens (primary N) is 1. The van der Waals surface area contributed by atoms with Gasteiger partial charge in [0.05, 0.1) is 10.6 Å². The van der Waals surface area contributed by atoms with Crippen LogP contribution in [0.5, 0.6) is 0 Å². The molecule has 3 rings (SSSR count). The van der Waals surface area contributed by atoms with Crippen molar-refractivity contribution in [3.8, 4) is 22.5 Å². The molecule has 0 saturated heterocycles. The van der Waals surface area contributed by atoms with E-state index >= 15 is 0 Å². The summed E-state index contributed by atoms with van der Waals surface area (Å²) in [6.45, 7) is 0. The van der Waals surface area contributed by atoms with E-state index in [0.717, 1.165) is 21.2 Å². The maximum absolute atomic E-state index is 6.12. The van der Waals surface area contributed by atoms with Gasteiger partial charge in [0.15, 0.2) is 11.6 Å². The van der Waals surface area contributed by atoms with Gasteiger partial charge in [0.25, 0.3) is 0 Å². The molecule has 3 aromatic rings. The van der Waals surface area contributed by atoms with Crippen LogP contribution in [0.4, 0.5) is 5.82 Å². The first-order chi connectivity index (χ1) is 9.66. The van der Waals surface area contributed by atoms with Gasteiger partial charge >= 0.3 is 0 Å². The van der Waals surface area contributed by atoms with E-state index in [9.17, 15) is 0 Å². The van der Waals surface area contributed by atoms with Crippen LogP contribution >= 0.6 is 27.5 Å². The average molecular weight is 351 g/mol. The van der Waals surface area contributed by atoms with Crippen molar-refractivity contribution in [2.45, 2.75) is 0 Å². The lowest BCUT2D eigenvalue weighted by atomic mass is 10.0. The van der Waals surface area contributed by atoms with E-state index in [2.05, 4.69) is 26.1 Å². The van der Waals surface area contributed by atoms with Gasteiger partial charge in [-0.2, -0.15) is 0 Å². The summed E-state index contributed by atoms with van der Waals surface area (Å²) in [6, 6.07) is 9.27. The second-order valence-electron chi connectivity index (χ2n) is 4.14. The van der Waals surface area contributed by atoms with E-state index in [-0.39, 0.29) is 0 Å². The predicted molar refractivity (Wildman–Crippen MR) is 82.3 cm³/mol. The number of nitrogens with zero attached hydrogens (tertiary/aromatic N) is 2. The average Bonchev–Trinajstić information content (AvgIpc) is 2.85. The van der Waals surface area contributed by atoms with Crippen molar-refractivity contribution < 1.29 is 4.52 Å². The molecule has 0 fully saturated rings. The smallest absolute Gasteiger partial charge is 0.177 e. The lowest BCUT2D eigenvalue weighted by Gasteiger charge is -2.03. The van der Waals surface area contributed by atoms with Crippen LogP contribution in [-0.4, -0.2) is 10.1 Å². The Hall–Kier alpha value is -1.85. The quantitative estimate of drug-likeness (QED) is 0.744. The lowest BCUT2D eigenvalue weighted by molar-refractivity contribution is 0.436. The fourth-order valence-corrected chi connectivity index (χ4v) is 2.35. The molecular formula is C14H9BrClN3O. The number of halogens is 2. The Labute approximate surface area is 128 Å². The Balaban J connectivity index is 2.18. The maximum Gasteiger partial charge on any atom is 0.177 e. The molecule has 0 saturated carbocycles. The molecule has 0 spiro atoms. The molecule has 2 N–H and O–H groups in total. The predicted octanol–water partition coefficient (Wildman–Crippen LogP) is 4.40. The van der Waals surface area contributed by atoms with Gasteiger partial charge in [0.1, 0.15) is 0 Å². The Bertz CT molecular complexity index is 758. The summed E-state index contributed by atoms with van der Waals surface area (Å²) in [5.74, 6) is 0.900. The topological polar surface area (TPSA) is 64.9 Å². The summed E-state index contributed by atoms with van der Waals surface area (Å²) in [6.07, 6.45) is 3.41. The zero-order valence-corrected chi connectivity index (χ0v) is 12.5. The highest BCUT2D eigenvalue weighted by Gasteiger charge is 2.18. The summed E-state index contributed by atoms with van der Waals surface area (Å²) >= 11 is 9.47. The molecule has 0 aliphatic carbocycles. The first kappa shape index (κ1) is 13.1. The van der Waals surface area contributed by atoms with E-state index in [1.54, 1.807) is 18.5 Å². The molecule has 6 heteroatoms. The van der Waals surface area contributed by atoms with Crippen LogP contribution < -0.4 is 5.73 Å². The number of hydrogen-bond donors (Lipinski definition) is 1. The van der Waals surface area contributed by atoms with E-state index in [4.69, 9.17) is 21.9 Å². The monoisotopic (exact) mass is 349 g/mol. The third-order valence-electron chi connectivity index (χ3n) is 2.85. The van der Waals surface area contributed by atoms with Gasteiger partial charge in [0.2, 0.25) is 0 Å². The molecular weight excluding hydrogens is 342 g/mol. The molecule has 2 aromatic heterocycles. The summed E-state index contributed by atoms with van der Waals surface area (Å²) < 4.78 is 6.17. The van der Waals surface area contributed by atoms with Gasteiger partial charge in [-0.1, -0.05) is 22.8 Å². The minimum absolute atomic E-state index is 0.326. The maximum atomic E-state index is 6.12. The minimum atomic E-state index is 0.326. The molecule has 20 heavy (non-hydrogen) atoms. The summed E-state index contributed by atoms with van der Waals surface area (Å²) in [4.78, 5) is 4.09. The van der Waals surface area contributed by atoms with E-state index in [1.807, 2.05) is 24.3 Å². The van der Waals surface area contributed by atoms with Gasteiger partial charge in [0, 0.05) is 28.0 Å². The fourth-order valence-electron chi connectivity index (χ4n) is 1.93. The second kappa shape index (κ2) is 5.26. The van der Waals surface area contributed by atoms with Crippen molar-refractivity contribution in [1.82, 2.24) is 10.1 Å². The number of rotatable bonds is 2. The number of pyridine rings is 1. The van der Waals surface area contributed by atoms with Crippen LogP contribution in [0, 0.1) is 0 Å². The number of nitrogen functional groups attached to an aromatic ring is 1. The van der Waals surface area contributed by atoms with Crippen LogP contribution in [0.15, 0.2) is 51.7 Å². The summed E-state index contributed by atoms with van der Waals surface area (Å²) in [5, 5.41) is 4.43. The van der Waals surface area contributed by atoms with Crippen molar-refractivity contribution in [2.75, 3.05) is 5.73 Å². The molecule has 0 atom stereocenters. The normalized spacial score (nSPS) is 10.7. The first-order valence-corrected chi connectivity index (χ1v) is 6.95. The van der Waals surface area contributed by atoms with Crippen LogP contribution in [0.3, 0.4) is 0 Å². The lowest BCUT2D eigenvalue weighted by Crippen LogP contribution is -1.89. The Kier molecular flexibility index (Phi) is 3.46. The molecule has 2 heterocycles. The third kappa shape index (κ3) is 2.30. The van der Waals surface area contributed by atoms with Gasteiger partial charge in [-0.3, -0.25) is 4.98 Å². The minimum Gasteiger partial charge on any atom is -0.380 e. The van der Waals surface area contributed by atoms with E-state index in [1.165, 1.54) is 0 Å². The van der Waals surface area contributed by atoms with Gasteiger partial charge in [-0.15, -0.1) is 0 Å². The molecule has 0 unspecified atom stereocenters. The van der Waals surface area contributed by atoms with Crippen LogP contribution in [0.2, 0.25) is 5.02 Å². The third-order valence-corrected chi connectivity index (χ3v) is 4.08. The first-order valence-electron chi connectivity index (χ1n) is 5.78. The van der Waals surface area contributed by atoms with Crippen molar-refractivity contribution in [3.05, 3.63) is 52.2 Å². The summed E-state index contributed by atoms with van der Waals surface area (Å²) in [7, 11) is 0. The Morgan fingerprint density at radius 3 is 2.75 bits per heavy atom. The van der Waals surface area contributed by atoms with Gasteiger partial charge in [-0.25, -0.2) is 0 Å². The Morgan fingerprint density at radius 2 is 2.05 bits per heavy atom. The summed E-state index contributed by atoms with van der Waals surface area (Å²) in [5.41, 5.74) is 8.28. The molecule has 4 nitrogen and oxygen atoms in total. The molecule has 0 amide bonds. The van der Waals surface area contributed by atoms with Crippen LogP contribution in [-0.2, 0) is 0 Å². The highest BCUT2D eigenvalue weighted by atomic mass is 79.9. The Morgan fingerprint density at radius 1 is 1.20 bits per heavy atom. The zero-order valence-electron chi connectivity index (χ0n) is 10.2.